The zero-order valence-electron chi connectivity index (χ0n) is 9.43. The van der Waals surface area contributed by atoms with Gasteiger partial charge in [0.1, 0.15) is 5.82 Å². The normalized spacial score (nSPS) is 14.1. The number of carbonyl (C=O) groups excluding carboxylic acids is 1. The number of benzene rings is 1. The minimum Gasteiger partial charge on any atom is -0.292 e. The van der Waals surface area contributed by atoms with Gasteiger partial charge in [0.25, 0.3) is 0 Å². The van der Waals surface area contributed by atoms with Gasteiger partial charge in [0, 0.05) is 17.4 Å². The van der Waals surface area contributed by atoms with Gasteiger partial charge < -0.3 is 0 Å². The molecule has 1 aliphatic heterocycles. The lowest BCUT2D eigenvalue weighted by Gasteiger charge is -2.29. The summed E-state index contributed by atoms with van der Waals surface area (Å²) in [7, 11) is 0. The second-order valence-electron chi connectivity index (χ2n) is 3.97. The molecule has 0 bridgehead atoms. The van der Waals surface area contributed by atoms with Crippen LogP contribution in [0.3, 0.4) is 0 Å². The van der Waals surface area contributed by atoms with Crippen LogP contribution in [-0.4, -0.2) is 11.0 Å². The Hall–Kier alpha value is -2.07. The molecule has 0 saturated heterocycles. The third-order valence-corrected chi connectivity index (χ3v) is 3.21. The first-order valence-corrected chi connectivity index (χ1v) is 5.90. The van der Waals surface area contributed by atoms with E-state index in [1.54, 1.807) is 17.2 Å². The smallest absolute Gasteiger partial charge is 0.292 e. The van der Waals surface area contributed by atoms with Crippen molar-refractivity contribution in [2.24, 2.45) is 0 Å². The van der Waals surface area contributed by atoms with E-state index in [0.29, 0.717) is 17.4 Å². The van der Waals surface area contributed by atoms with Crippen LogP contribution in [-0.2, 0) is 6.54 Å². The van der Waals surface area contributed by atoms with Crippen molar-refractivity contribution in [1.29, 1.82) is 0 Å². The lowest BCUT2D eigenvalue weighted by molar-refractivity contribution is 0.256. The Morgan fingerprint density at radius 3 is 2.78 bits per heavy atom. The van der Waals surface area contributed by atoms with Crippen LogP contribution in [0.25, 0.3) is 0 Å². The highest BCUT2D eigenvalue weighted by atomic mass is 35.5. The maximum absolute atomic E-state index is 12.0. The molecule has 0 spiro atoms. The van der Waals surface area contributed by atoms with Crippen molar-refractivity contribution in [2.75, 3.05) is 10.2 Å². The Morgan fingerprint density at radius 1 is 1.22 bits per heavy atom. The molecule has 2 amide bonds. The maximum atomic E-state index is 12.0. The minimum absolute atomic E-state index is 0.191. The number of fused-ring (bicyclic) bond motifs is 1. The fraction of sp³-hybridized carbons (Fsp3) is 0.0769. The van der Waals surface area contributed by atoms with Gasteiger partial charge in [-0.05, 0) is 18.2 Å². The molecule has 0 radical (unpaired) electrons. The SMILES string of the molecule is O=C1Nc2nccc(Cl)c2CN1c1ccccc1. The lowest BCUT2D eigenvalue weighted by Crippen LogP contribution is -2.39. The zero-order valence-corrected chi connectivity index (χ0v) is 10.2. The van der Waals surface area contributed by atoms with Crippen LogP contribution in [0.5, 0.6) is 0 Å². The average molecular weight is 260 g/mol. The molecule has 5 heteroatoms. The van der Waals surface area contributed by atoms with Crippen LogP contribution in [0.1, 0.15) is 5.56 Å². The number of hydrogen-bond donors (Lipinski definition) is 1. The van der Waals surface area contributed by atoms with Crippen LogP contribution in [0.15, 0.2) is 42.6 Å². The summed E-state index contributed by atoms with van der Waals surface area (Å²) in [6.07, 6.45) is 1.58. The highest BCUT2D eigenvalue weighted by Crippen LogP contribution is 2.30. The second kappa shape index (κ2) is 4.31. The molecule has 2 aromatic rings. The number of rotatable bonds is 1. The van der Waals surface area contributed by atoms with Gasteiger partial charge in [0.2, 0.25) is 0 Å². The summed E-state index contributed by atoms with van der Waals surface area (Å²) in [6.45, 7) is 0.428. The molecule has 2 heterocycles. The number of para-hydroxylation sites is 1. The topological polar surface area (TPSA) is 45.2 Å². The zero-order chi connectivity index (χ0) is 12.5. The number of hydrogen-bond acceptors (Lipinski definition) is 2. The molecule has 1 aromatic carbocycles. The Kier molecular flexibility index (Phi) is 2.64. The van der Waals surface area contributed by atoms with Gasteiger partial charge >= 0.3 is 6.03 Å². The molecular formula is C13H10ClN3O. The molecule has 0 atom stereocenters. The van der Waals surface area contributed by atoms with Gasteiger partial charge in [0.05, 0.1) is 11.6 Å². The molecule has 0 fully saturated rings. The van der Waals surface area contributed by atoms with E-state index >= 15 is 0 Å². The van der Waals surface area contributed by atoms with Gasteiger partial charge in [-0.2, -0.15) is 0 Å². The van der Waals surface area contributed by atoms with E-state index < -0.39 is 0 Å². The van der Waals surface area contributed by atoms with Gasteiger partial charge in [-0.25, -0.2) is 9.78 Å². The highest BCUT2D eigenvalue weighted by Gasteiger charge is 2.26. The summed E-state index contributed by atoms with van der Waals surface area (Å²) in [5.74, 6) is 0.541. The van der Waals surface area contributed by atoms with Crippen LogP contribution in [0.4, 0.5) is 16.3 Å². The number of nitrogens with zero attached hydrogens (tertiary/aromatic N) is 2. The number of pyridine rings is 1. The van der Waals surface area contributed by atoms with Crippen molar-refractivity contribution < 1.29 is 4.79 Å². The molecule has 3 rings (SSSR count). The van der Waals surface area contributed by atoms with E-state index in [9.17, 15) is 4.79 Å². The summed E-state index contributed by atoms with van der Waals surface area (Å²) in [5.41, 5.74) is 1.67. The first-order chi connectivity index (χ1) is 8.75. The number of nitrogens with one attached hydrogen (secondary N) is 1. The molecule has 0 unspecified atom stereocenters. The van der Waals surface area contributed by atoms with Crippen LogP contribution in [0, 0.1) is 0 Å². The number of halogens is 1. The Morgan fingerprint density at radius 2 is 2.00 bits per heavy atom. The monoisotopic (exact) mass is 259 g/mol. The summed E-state index contributed by atoms with van der Waals surface area (Å²) in [6, 6.07) is 11.0. The fourth-order valence-electron chi connectivity index (χ4n) is 1.94. The van der Waals surface area contributed by atoms with Crippen LogP contribution < -0.4 is 10.2 Å². The van der Waals surface area contributed by atoms with E-state index in [1.165, 1.54) is 0 Å². The predicted octanol–water partition coefficient (Wildman–Crippen LogP) is 3.29. The molecule has 1 aliphatic rings. The van der Waals surface area contributed by atoms with Gasteiger partial charge in [-0.1, -0.05) is 29.8 Å². The van der Waals surface area contributed by atoms with E-state index in [-0.39, 0.29) is 6.03 Å². The summed E-state index contributed by atoms with van der Waals surface area (Å²) >= 11 is 6.12. The predicted molar refractivity (Wildman–Crippen MR) is 70.9 cm³/mol. The van der Waals surface area contributed by atoms with Gasteiger partial charge in [-0.3, -0.25) is 10.2 Å². The van der Waals surface area contributed by atoms with E-state index in [4.69, 9.17) is 11.6 Å². The molecule has 18 heavy (non-hydrogen) atoms. The molecule has 0 saturated carbocycles. The van der Waals surface area contributed by atoms with Crippen molar-refractivity contribution in [3.63, 3.8) is 0 Å². The van der Waals surface area contributed by atoms with Crippen molar-refractivity contribution >= 4 is 29.1 Å². The number of amides is 2. The van der Waals surface area contributed by atoms with E-state index in [1.807, 2.05) is 30.3 Å². The van der Waals surface area contributed by atoms with Crippen molar-refractivity contribution in [3.8, 4) is 0 Å². The van der Waals surface area contributed by atoms with Crippen molar-refractivity contribution in [3.05, 3.63) is 53.2 Å². The number of carbonyl (C=O) groups is 1. The fourth-order valence-corrected chi connectivity index (χ4v) is 2.15. The largest absolute Gasteiger partial charge is 0.327 e. The Bertz CT molecular complexity index is 600. The molecule has 1 N–H and O–H groups in total. The Labute approximate surface area is 109 Å². The lowest BCUT2D eigenvalue weighted by atomic mass is 10.2. The number of anilines is 2. The summed E-state index contributed by atoms with van der Waals surface area (Å²) < 4.78 is 0. The van der Waals surface area contributed by atoms with E-state index in [2.05, 4.69) is 10.3 Å². The first kappa shape index (κ1) is 11.0. The first-order valence-electron chi connectivity index (χ1n) is 5.52. The molecule has 90 valence electrons. The Balaban J connectivity index is 2.02. The van der Waals surface area contributed by atoms with Gasteiger partial charge in [0.15, 0.2) is 0 Å². The summed E-state index contributed by atoms with van der Waals surface area (Å²) in [4.78, 5) is 17.8. The molecular weight excluding hydrogens is 250 g/mol. The summed E-state index contributed by atoms with van der Waals surface area (Å²) in [5, 5.41) is 3.35. The van der Waals surface area contributed by atoms with E-state index in [0.717, 1.165) is 11.3 Å². The maximum Gasteiger partial charge on any atom is 0.327 e. The van der Waals surface area contributed by atoms with Crippen LogP contribution in [0.2, 0.25) is 5.02 Å². The van der Waals surface area contributed by atoms with Crippen LogP contribution >= 0.6 is 11.6 Å². The third-order valence-electron chi connectivity index (χ3n) is 2.85. The number of aromatic nitrogens is 1. The van der Waals surface area contributed by atoms with Gasteiger partial charge in [-0.15, -0.1) is 0 Å². The standard InChI is InChI=1S/C13H10ClN3O/c14-11-6-7-15-12-10(11)8-17(13(18)16-12)9-4-2-1-3-5-9/h1-7H,8H2,(H,15,16,18). The minimum atomic E-state index is -0.191. The average Bonchev–Trinajstić information content (AvgIpc) is 2.39. The molecule has 4 nitrogen and oxygen atoms in total. The number of urea groups is 1. The van der Waals surface area contributed by atoms with Crippen molar-refractivity contribution in [2.45, 2.75) is 6.54 Å². The molecule has 0 aliphatic carbocycles. The third kappa shape index (κ3) is 1.80. The van der Waals surface area contributed by atoms with Crippen molar-refractivity contribution in [1.82, 2.24) is 4.98 Å². The molecule has 1 aromatic heterocycles. The quantitative estimate of drug-likeness (QED) is 0.854. The highest BCUT2D eigenvalue weighted by molar-refractivity contribution is 6.32. The second-order valence-corrected chi connectivity index (χ2v) is 4.38.